The normalized spacial score (nSPS) is 9.95. The van der Waals surface area contributed by atoms with Gasteiger partial charge in [0.2, 0.25) is 5.95 Å². The molecule has 0 aromatic carbocycles. The number of carbonyl (C=O) groups excluding carboxylic acids is 1. The number of aromatic nitrogens is 3. The molecule has 0 atom stereocenters. The van der Waals surface area contributed by atoms with Crippen molar-refractivity contribution in [2.75, 3.05) is 6.61 Å². The molecule has 0 radical (unpaired) electrons. The van der Waals surface area contributed by atoms with Crippen molar-refractivity contribution < 1.29 is 9.53 Å². The number of nitrogens with zero attached hydrogens (tertiary/aromatic N) is 4. The molecule has 6 nitrogen and oxygen atoms in total. The van der Waals surface area contributed by atoms with E-state index in [9.17, 15) is 4.79 Å². The highest BCUT2D eigenvalue weighted by Crippen LogP contribution is 2.11. The van der Waals surface area contributed by atoms with E-state index >= 15 is 0 Å². The van der Waals surface area contributed by atoms with Gasteiger partial charge < -0.3 is 4.74 Å². The van der Waals surface area contributed by atoms with Crippen molar-refractivity contribution in [3.8, 4) is 12.0 Å². The van der Waals surface area contributed by atoms with Crippen molar-refractivity contribution in [3.05, 3.63) is 41.5 Å². The first-order valence-corrected chi connectivity index (χ1v) is 5.76. The van der Waals surface area contributed by atoms with Gasteiger partial charge in [0.15, 0.2) is 0 Å². The molecule has 2 heterocycles. The lowest BCUT2D eigenvalue weighted by molar-refractivity contribution is 0.0524. The second-order valence-electron chi connectivity index (χ2n) is 3.76. The van der Waals surface area contributed by atoms with Crippen LogP contribution in [-0.2, 0) is 4.74 Å². The molecule has 0 aliphatic carbocycles. The van der Waals surface area contributed by atoms with Gasteiger partial charge in [0.25, 0.3) is 0 Å². The van der Waals surface area contributed by atoms with E-state index in [1.54, 1.807) is 36.7 Å². The van der Waals surface area contributed by atoms with Crippen LogP contribution in [0.5, 0.6) is 0 Å². The summed E-state index contributed by atoms with van der Waals surface area (Å²) in [7, 11) is 0. The van der Waals surface area contributed by atoms with Crippen LogP contribution in [0.15, 0.2) is 24.5 Å². The fourth-order valence-electron chi connectivity index (χ4n) is 1.63. The number of hydrogen-bond donors (Lipinski definition) is 0. The van der Waals surface area contributed by atoms with Crippen molar-refractivity contribution in [2.24, 2.45) is 0 Å². The molecule has 0 N–H and O–H groups in total. The molecule has 0 bridgehead atoms. The SMILES string of the molecule is CCOC(=O)c1cnc(-n2cccc2C#N)nc1C. The molecule has 2 rings (SSSR count). The molecular formula is C13H12N4O2. The average Bonchev–Trinajstić information content (AvgIpc) is 2.87. The number of rotatable bonds is 3. The fraction of sp³-hybridized carbons (Fsp3) is 0.231. The van der Waals surface area contributed by atoms with Gasteiger partial charge >= 0.3 is 5.97 Å². The van der Waals surface area contributed by atoms with Crippen LogP contribution in [0.2, 0.25) is 0 Å². The minimum atomic E-state index is -0.445. The fourth-order valence-corrected chi connectivity index (χ4v) is 1.63. The number of esters is 1. The van der Waals surface area contributed by atoms with Gasteiger partial charge in [0, 0.05) is 12.4 Å². The molecule has 0 saturated carbocycles. The van der Waals surface area contributed by atoms with Crippen LogP contribution in [0.1, 0.15) is 28.7 Å². The van der Waals surface area contributed by atoms with Crippen molar-refractivity contribution in [3.63, 3.8) is 0 Å². The zero-order valence-corrected chi connectivity index (χ0v) is 10.6. The van der Waals surface area contributed by atoms with E-state index < -0.39 is 5.97 Å². The zero-order chi connectivity index (χ0) is 13.8. The second kappa shape index (κ2) is 5.31. The minimum Gasteiger partial charge on any atom is -0.462 e. The summed E-state index contributed by atoms with van der Waals surface area (Å²) in [6.45, 7) is 3.74. The first kappa shape index (κ1) is 12.8. The molecule has 2 aromatic rings. The summed E-state index contributed by atoms with van der Waals surface area (Å²) >= 11 is 0. The third-order valence-corrected chi connectivity index (χ3v) is 2.54. The average molecular weight is 256 g/mol. The van der Waals surface area contributed by atoms with Gasteiger partial charge in [0.1, 0.15) is 11.8 Å². The van der Waals surface area contributed by atoms with E-state index in [4.69, 9.17) is 10.00 Å². The van der Waals surface area contributed by atoms with Crippen LogP contribution in [0, 0.1) is 18.3 Å². The number of hydrogen-bond acceptors (Lipinski definition) is 5. The summed E-state index contributed by atoms with van der Waals surface area (Å²) in [6, 6.07) is 5.44. The van der Waals surface area contributed by atoms with Crippen LogP contribution < -0.4 is 0 Å². The lowest BCUT2D eigenvalue weighted by Gasteiger charge is -2.07. The van der Waals surface area contributed by atoms with E-state index in [1.165, 1.54) is 6.20 Å². The number of carbonyl (C=O) groups is 1. The standard InChI is InChI=1S/C13H12N4O2/c1-3-19-12(18)11-8-15-13(16-9(11)2)17-6-4-5-10(17)7-14/h4-6,8H,3H2,1-2H3. The monoisotopic (exact) mass is 256 g/mol. The Morgan fingerprint density at radius 1 is 1.58 bits per heavy atom. The molecule has 0 fully saturated rings. The lowest BCUT2D eigenvalue weighted by Crippen LogP contribution is -2.11. The topological polar surface area (TPSA) is 80.8 Å². The maximum Gasteiger partial charge on any atom is 0.341 e. The Hall–Kier alpha value is -2.68. The Morgan fingerprint density at radius 3 is 3.00 bits per heavy atom. The molecule has 2 aromatic heterocycles. The maximum absolute atomic E-state index is 11.6. The highest BCUT2D eigenvalue weighted by atomic mass is 16.5. The summed E-state index contributed by atoms with van der Waals surface area (Å²) in [6.07, 6.45) is 3.11. The highest BCUT2D eigenvalue weighted by molar-refractivity contribution is 5.90. The van der Waals surface area contributed by atoms with Gasteiger partial charge in [0.05, 0.1) is 17.9 Å². The summed E-state index contributed by atoms with van der Waals surface area (Å²) < 4.78 is 6.46. The largest absolute Gasteiger partial charge is 0.462 e. The summed E-state index contributed by atoms with van der Waals surface area (Å²) in [5.74, 6) is -0.0911. The first-order valence-electron chi connectivity index (χ1n) is 5.76. The molecule has 0 saturated heterocycles. The molecule has 0 spiro atoms. The smallest absolute Gasteiger partial charge is 0.341 e. The summed E-state index contributed by atoms with van der Waals surface area (Å²) in [5, 5.41) is 8.95. The van der Waals surface area contributed by atoms with E-state index in [1.807, 2.05) is 6.07 Å². The lowest BCUT2D eigenvalue weighted by atomic mass is 10.2. The number of nitriles is 1. The van der Waals surface area contributed by atoms with Gasteiger partial charge in [-0.15, -0.1) is 0 Å². The molecule has 0 amide bonds. The third-order valence-electron chi connectivity index (χ3n) is 2.54. The van der Waals surface area contributed by atoms with Crippen LogP contribution in [0.25, 0.3) is 5.95 Å². The maximum atomic E-state index is 11.6. The zero-order valence-electron chi connectivity index (χ0n) is 10.6. The number of aryl methyl sites for hydroxylation is 1. The molecule has 6 heteroatoms. The van der Waals surface area contributed by atoms with E-state index in [2.05, 4.69) is 9.97 Å². The van der Waals surface area contributed by atoms with Gasteiger partial charge in [-0.1, -0.05) is 0 Å². The van der Waals surface area contributed by atoms with Crippen LogP contribution in [0.3, 0.4) is 0 Å². The van der Waals surface area contributed by atoms with Crippen molar-refractivity contribution in [1.82, 2.24) is 14.5 Å². The van der Waals surface area contributed by atoms with E-state index in [0.29, 0.717) is 29.5 Å². The molecule has 0 unspecified atom stereocenters. The predicted octanol–water partition coefficient (Wildman–Crippen LogP) is 1.62. The van der Waals surface area contributed by atoms with E-state index in [-0.39, 0.29) is 0 Å². The minimum absolute atomic E-state index is 0.302. The van der Waals surface area contributed by atoms with Crippen LogP contribution >= 0.6 is 0 Å². The van der Waals surface area contributed by atoms with Crippen molar-refractivity contribution >= 4 is 5.97 Å². The van der Waals surface area contributed by atoms with Crippen LogP contribution in [0.4, 0.5) is 0 Å². The summed E-state index contributed by atoms with van der Waals surface area (Å²) in [5.41, 5.74) is 1.28. The van der Waals surface area contributed by atoms with Gasteiger partial charge in [-0.3, -0.25) is 4.57 Å². The first-order chi connectivity index (χ1) is 9.17. The Morgan fingerprint density at radius 2 is 2.37 bits per heavy atom. The second-order valence-corrected chi connectivity index (χ2v) is 3.76. The summed E-state index contributed by atoms with van der Waals surface area (Å²) in [4.78, 5) is 19.9. The van der Waals surface area contributed by atoms with Gasteiger partial charge in [-0.2, -0.15) is 5.26 Å². The predicted molar refractivity (Wildman–Crippen MR) is 66.8 cm³/mol. The van der Waals surface area contributed by atoms with Crippen molar-refractivity contribution in [1.29, 1.82) is 5.26 Å². The highest BCUT2D eigenvalue weighted by Gasteiger charge is 2.14. The third kappa shape index (κ3) is 2.45. The number of ether oxygens (including phenoxy) is 1. The Kier molecular flexibility index (Phi) is 3.57. The Bertz CT molecular complexity index is 655. The molecule has 19 heavy (non-hydrogen) atoms. The Labute approximate surface area is 110 Å². The van der Waals surface area contributed by atoms with Gasteiger partial charge in [-0.05, 0) is 26.0 Å². The molecule has 0 aliphatic rings. The van der Waals surface area contributed by atoms with Gasteiger partial charge in [-0.25, -0.2) is 14.8 Å². The Balaban J connectivity index is 2.40. The molecule has 96 valence electrons. The van der Waals surface area contributed by atoms with Crippen molar-refractivity contribution in [2.45, 2.75) is 13.8 Å². The van der Waals surface area contributed by atoms with E-state index in [0.717, 1.165) is 0 Å². The van der Waals surface area contributed by atoms with Crippen LogP contribution in [-0.4, -0.2) is 27.1 Å². The molecular weight excluding hydrogens is 244 g/mol. The quantitative estimate of drug-likeness (QED) is 0.779. The molecule has 0 aliphatic heterocycles.